The molecule has 9 aromatic rings. The Hall–Kier alpha value is -8.29. The molecule has 0 N–H and O–H groups in total. The van der Waals surface area contributed by atoms with Crippen molar-refractivity contribution in [1.29, 1.82) is 0 Å². The van der Waals surface area contributed by atoms with E-state index in [0.717, 1.165) is 67.6 Å². The van der Waals surface area contributed by atoms with Crippen LogP contribution in [0.1, 0.15) is 34.3 Å². The normalized spacial score (nSPS) is 13.2. The van der Waals surface area contributed by atoms with E-state index in [2.05, 4.69) is 78.9 Å². The molecular weight excluding hydrogens is 761 g/mol. The Bertz CT molecular complexity index is 3030. The smallest absolute Gasteiger partial charge is 0.267 e. The van der Waals surface area contributed by atoms with Crippen LogP contribution in [0.4, 0.5) is 0 Å². The Kier molecular flexibility index (Phi) is 10.5. The average Bonchev–Trinajstić information content (AvgIpc) is 3.37. The Balaban J connectivity index is 1.13. The van der Waals surface area contributed by atoms with Gasteiger partial charge in [-0.3, -0.25) is 4.79 Å². The quantitative estimate of drug-likeness (QED) is 0.127. The zero-order valence-electron chi connectivity index (χ0n) is 33.6. The SMILES string of the molecule is O=C(c1nc(-c2cccc(-c3ccccc3)c2)nc(-c2cccc(-c3ccccc3)c2)n1)c1nc(-c2cccc(-c3ccccc3)c2)nc(-c2cccc(C3C=CC=CC3)c2)n1. The minimum Gasteiger partial charge on any atom is -0.281 e. The molecule has 0 bridgehead atoms. The van der Waals surface area contributed by atoms with Crippen molar-refractivity contribution >= 4 is 5.78 Å². The van der Waals surface area contributed by atoms with E-state index in [4.69, 9.17) is 29.9 Å². The predicted molar refractivity (Wildman–Crippen MR) is 247 cm³/mol. The zero-order valence-corrected chi connectivity index (χ0v) is 33.6. The Morgan fingerprint density at radius 2 is 0.710 bits per heavy atom. The number of carbonyl (C=O) groups is 1. The molecule has 62 heavy (non-hydrogen) atoms. The Labute approximate surface area is 360 Å². The van der Waals surface area contributed by atoms with Gasteiger partial charge in [-0.05, 0) is 69.6 Å². The van der Waals surface area contributed by atoms with Gasteiger partial charge in [0.15, 0.2) is 23.3 Å². The van der Waals surface area contributed by atoms with Crippen LogP contribution in [-0.4, -0.2) is 35.7 Å². The number of aromatic nitrogens is 6. The van der Waals surface area contributed by atoms with Gasteiger partial charge < -0.3 is 0 Å². The van der Waals surface area contributed by atoms with Gasteiger partial charge in [-0.2, -0.15) is 0 Å². The fourth-order valence-electron chi connectivity index (χ4n) is 7.71. The van der Waals surface area contributed by atoms with Gasteiger partial charge in [-0.15, -0.1) is 0 Å². The van der Waals surface area contributed by atoms with E-state index in [1.54, 1.807) is 0 Å². The van der Waals surface area contributed by atoms with Crippen LogP contribution in [0.15, 0.2) is 212 Å². The third-order valence-electron chi connectivity index (χ3n) is 10.9. The summed E-state index contributed by atoms with van der Waals surface area (Å²) >= 11 is 0. The Morgan fingerprint density at radius 3 is 1.10 bits per heavy atom. The van der Waals surface area contributed by atoms with Crippen molar-refractivity contribution in [2.24, 2.45) is 0 Å². The van der Waals surface area contributed by atoms with Gasteiger partial charge in [-0.25, -0.2) is 29.9 Å². The maximum atomic E-state index is 15.0. The van der Waals surface area contributed by atoms with Crippen molar-refractivity contribution in [2.75, 3.05) is 0 Å². The minimum absolute atomic E-state index is 0.0693. The fourth-order valence-corrected chi connectivity index (χ4v) is 7.71. The summed E-state index contributed by atoms with van der Waals surface area (Å²) in [5, 5.41) is 0. The van der Waals surface area contributed by atoms with Crippen LogP contribution < -0.4 is 0 Å². The first-order valence-electron chi connectivity index (χ1n) is 20.6. The lowest BCUT2D eigenvalue weighted by atomic mass is 9.91. The van der Waals surface area contributed by atoms with E-state index in [0.29, 0.717) is 23.3 Å². The number of benzene rings is 7. The molecule has 0 fully saturated rings. The van der Waals surface area contributed by atoms with Crippen LogP contribution in [0, 0.1) is 0 Å². The molecule has 2 aromatic heterocycles. The second-order valence-electron chi connectivity index (χ2n) is 15.1. The van der Waals surface area contributed by atoms with Gasteiger partial charge in [-0.1, -0.05) is 188 Å². The molecule has 294 valence electrons. The molecule has 0 spiro atoms. The maximum absolute atomic E-state index is 15.0. The number of rotatable bonds is 10. The van der Waals surface area contributed by atoms with E-state index < -0.39 is 5.78 Å². The molecule has 7 aromatic carbocycles. The van der Waals surface area contributed by atoms with E-state index in [-0.39, 0.29) is 17.6 Å². The van der Waals surface area contributed by atoms with Gasteiger partial charge in [0.1, 0.15) is 0 Å². The van der Waals surface area contributed by atoms with Crippen LogP contribution in [0.5, 0.6) is 0 Å². The summed E-state index contributed by atoms with van der Waals surface area (Å²) in [6.45, 7) is 0. The van der Waals surface area contributed by atoms with Crippen molar-refractivity contribution in [2.45, 2.75) is 12.3 Å². The van der Waals surface area contributed by atoms with Gasteiger partial charge >= 0.3 is 0 Å². The molecule has 0 saturated carbocycles. The van der Waals surface area contributed by atoms with Crippen molar-refractivity contribution in [3.05, 3.63) is 230 Å². The van der Waals surface area contributed by atoms with Crippen molar-refractivity contribution in [3.63, 3.8) is 0 Å². The number of carbonyl (C=O) groups excluding carboxylic acids is 1. The van der Waals surface area contributed by atoms with Crippen LogP contribution in [0.2, 0.25) is 0 Å². The van der Waals surface area contributed by atoms with Gasteiger partial charge in [0.2, 0.25) is 11.6 Å². The standard InChI is InChI=1S/C55H38N6O/c62-49(54-58-50(45-29-13-25-41(33-45)37-17-5-1-6-18-37)56-51(59-54)46-30-14-26-42(34-46)38-19-7-2-8-20-38)55-60-52(47-31-15-27-43(35-47)39-21-9-3-10-22-39)57-53(61-55)48-32-16-28-44(36-48)40-23-11-4-12-24-40/h1-23,25-36,40H,24H2. The monoisotopic (exact) mass is 798 g/mol. The van der Waals surface area contributed by atoms with Crippen molar-refractivity contribution in [1.82, 2.24) is 29.9 Å². The summed E-state index contributed by atoms with van der Waals surface area (Å²) < 4.78 is 0. The van der Waals surface area contributed by atoms with E-state index >= 15 is 4.79 Å². The van der Waals surface area contributed by atoms with Crippen molar-refractivity contribution in [3.8, 4) is 78.9 Å². The van der Waals surface area contributed by atoms with Gasteiger partial charge in [0, 0.05) is 28.2 Å². The van der Waals surface area contributed by atoms with Gasteiger partial charge in [0.05, 0.1) is 0 Å². The average molecular weight is 799 g/mol. The first kappa shape index (κ1) is 37.9. The molecule has 7 nitrogen and oxygen atoms in total. The number of allylic oxidation sites excluding steroid dienone is 4. The number of nitrogens with zero attached hydrogens (tertiary/aromatic N) is 6. The molecule has 0 radical (unpaired) electrons. The molecule has 7 heteroatoms. The Morgan fingerprint density at radius 1 is 0.355 bits per heavy atom. The molecule has 0 saturated heterocycles. The second-order valence-corrected chi connectivity index (χ2v) is 15.1. The lowest BCUT2D eigenvalue weighted by Crippen LogP contribution is -2.15. The first-order chi connectivity index (χ1) is 30.6. The summed E-state index contributed by atoms with van der Waals surface area (Å²) in [4.78, 5) is 44.6. The summed E-state index contributed by atoms with van der Waals surface area (Å²) in [6, 6.07) is 62.6. The topological polar surface area (TPSA) is 94.4 Å². The van der Waals surface area contributed by atoms with Crippen LogP contribution in [-0.2, 0) is 0 Å². The van der Waals surface area contributed by atoms with Crippen LogP contribution in [0.3, 0.4) is 0 Å². The van der Waals surface area contributed by atoms with Gasteiger partial charge in [0.25, 0.3) is 5.78 Å². The molecule has 1 atom stereocenters. The maximum Gasteiger partial charge on any atom is 0.267 e. The molecule has 1 aliphatic carbocycles. The summed E-state index contributed by atoms with van der Waals surface area (Å²) in [5.74, 6) is 0.974. The largest absolute Gasteiger partial charge is 0.281 e. The lowest BCUT2D eigenvalue weighted by Gasteiger charge is -2.15. The number of hydrogen-bond acceptors (Lipinski definition) is 7. The molecular formula is C55H38N6O. The predicted octanol–water partition coefficient (Wildman–Crippen LogP) is 12.6. The third kappa shape index (κ3) is 8.15. The van der Waals surface area contributed by atoms with E-state index in [1.165, 1.54) is 0 Å². The molecule has 10 rings (SSSR count). The highest BCUT2D eigenvalue weighted by Crippen LogP contribution is 2.32. The highest BCUT2D eigenvalue weighted by atomic mass is 16.1. The highest BCUT2D eigenvalue weighted by Gasteiger charge is 2.24. The first-order valence-corrected chi connectivity index (χ1v) is 20.6. The number of ketones is 1. The molecule has 0 aliphatic heterocycles. The lowest BCUT2D eigenvalue weighted by molar-refractivity contribution is 0.101. The van der Waals surface area contributed by atoms with Crippen LogP contribution in [0.25, 0.3) is 78.9 Å². The molecule has 2 heterocycles. The fraction of sp³-hybridized carbons (Fsp3) is 0.0364. The van der Waals surface area contributed by atoms with Crippen LogP contribution >= 0.6 is 0 Å². The van der Waals surface area contributed by atoms with E-state index in [9.17, 15) is 0 Å². The minimum atomic E-state index is -0.547. The number of hydrogen-bond donors (Lipinski definition) is 0. The second kappa shape index (κ2) is 17.1. The molecule has 0 amide bonds. The summed E-state index contributed by atoms with van der Waals surface area (Å²) in [5.41, 5.74) is 10.3. The highest BCUT2D eigenvalue weighted by molar-refractivity contribution is 6.04. The molecule has 1 aliphatic rings. The zero-order chi connectivity index (χ0) is 41.7. The van der Waals surface area contributed by atoms with Crippen molar-refractivity contribution < 1.29 is 4.79 Å². The van der Waals surface area contributed by atoms with E-state index in [1.807, 2.05) is 133 Å². The third-order valence-corrected chi connectivity index (χ3v) is 10.9. The molecule has 1 unspecified atom stereocenters. The summed E-state index contributed by atoms with van der Waals surface area (Å²) in [7, 11) is 0. The summed E-state index contributed by atoms with van der Waals surface area (Å²) in [6.07, 6.45) is 9.40.